The fraction of sp³-hybridized carbons (Fsp3) is 0.300. The second kappa shape index (κ2) is 4.15. The standard InChI is InChI=1S/C10H11ClN2/c1-7-5-9(3-4-10(7)11)13-8(2)6-12/h3-5,8,13H,1-2H3. The summed E-state index contributed by atoms with van der Waals surface area (Å²) >= 11 is 5.86. The van der Waals surface area contributed by atoms with Crippen molar-refractivity contribution >= 4 is 17.3 Å². The summed E-state index contributed by atoms with van der Waals surface area (Å²) < 4.78 is 0. The fourth-order valence-electron chi connectivity index (χ4n) is 1.02. The normalized spacial score (nSPS) is 11.8. The van der Waals surface area contributed by atoms with Crippen molar-refractivity contribution in [2.24, 2.45) is 0 Å². The van der Waals surface area contributed by atoms with Gasteiger partial charge in [0, 0.05) is 10.7 Å². The molecule has 68 valence electrons. The molecule has 0 spiro atoms. The molecule has 2 nitrogen and oxygen atoms in total. The summed E-state index contributed by atoms with van der Waals surface area (Å²) in [5, 5.41) is 12.4. The molecule has 0 bridgehead atoms. The van der Waals surface area contributed by atoms with Gasteiger partial charge in [-0.2, -0.15) is 5.26 Å². The number of rotatable bonds is 2. The van der Waals surface area contributed by atoms with Gasteiger partial charge in [-0.1, -0.05) is 11.6 Å². The smallest absolute Gasteiger partial charge is 0.111 e. The first-order chi connectivity index (χ1) is 6.13. The minimum Gasteiger partial charge on any atom is -0.370 e. The summed E-state index contributed by atoms with van der Waals surface area (Å²) in [6, 6.07) is 7.54. The molecule has 0 aliphatic carbocycles. The summed E-state index contributed by atoms with van der Waals surface area (Å²) in [6.07, 6.45) is 0. The van der Waals surface area contributed by atoms with Crippen LogP contribution in [0.15, 0.2) is 18.2 Å². The predicted molar refractivity (Wildman–Crippen MR) is 54.9 cm³/mol. The second-order valence-corrected chi connectivity index (χ2v) is 3.37. The van der Waals surface area contributed by atoms with Gasteiger partial charge in [0.2, 0.25) is 0 Å². The summed E-state index contributed by atoms with van der Waals surface area (Å²) in [5.74, 6) is 0. The minimum absolute atomic E-state index is 0.180. The van der Waals surface area contributed by atoms with E-state index in [1.807, 2.05) is 32.0 Å². The third-order valence-corrected chi connectivity index (χ3v) is 2.16. The van der Waals surface area contributed by atoms with Crippen molar-refractivity contribution in [1.82, 2.24) is 0 Å². The lowest BCUT2D eigenvalue weighted by molar-refractivity contribution is 1.01. The van der Waals surface area contributed by atoms with E-state index in [1.54, 1.807) is 0 Å². The molecule has 3 heteroatoms. The monoisotopic (exact) mass is 194 g/mol. The van der Waals surface area contributed by atoms with E-state index in [9.17, 15) is 0 Å². The Bertz CT molecular complexity index is 341. The van der Waals surface area contributed by atoms with Crippen LogP contribution in [0.25, 0.3) is 0 Å². The largest absolute Gasteiger partial charge is 0.370 e. The van der Waals surface area contributed by atoms with Crippen molar-refractivity contribution in [3.8, 4) is 6.07 Å². The van der Waals surface area contributed by atoms with Crippen LogP contribution >= 0.6 is 11.6 Å². The topological polar surface area (TPSA) is 35.8 Å². The maximum absolute atomic E-state index is 8.58. The first-order valence-corrected chi connectivity index (χ1v) is 4.43. The average Bonchev–Trinajstić information content (AvgIpc) is 2.11. The fourth-order valence-corrected chi connectivity index (χ4v) is 1.13. The number of hydrogen-bond donors (Lipinski definition) is 1. The van der Waals surface area contributed by atoms with E-state index in [0.29, 0.717) is 0 Å². The summed E-state index contributed by atoms with van der Waals surface area (Å²) in [7, 11) is 0. The Morgan fingerprint density at radius 3 is 2.77 bits per heavy atom. The molecule has 0 aliphatic rings. The Kier molecular flexibility index (Phi) is 3.16. The van der Waals surface area contributed by atoms with Crippen molar-refractivity contribution in [3.63, 3.8) is 0 Å². The number of halogens is 1. The van der Waals surface area contributed by atoms with Crippen LogP contribution in [0, 0.1) is 18.3 Å². The van der Waals surface area contributed by atoms with Crippen LogP contribution in [0.3, 0.4) is 0 Å². The highest BCUT2D eigenvalue weighted by Crippen LogP contribution is 2.19. The van der Waals surface area contributed by atoms with E-state index in [2.05, 4.69) is 11.4 Å². The molecule has 1 aromatic carbocycles. The lowest BCUT2D eigenvalue weighted by Crippen LogP contribution is -2.11. The van der Waals surface area contributed by atoms with Crippen molar-refractivity contribution in [3.05, 3.63) is 28.8 Å². The van der Waals surface area contributed by atoms with Gasteiger partial charge in [-0.25, -0.2) is 0 Å². The third-order valence-electron chi connectivity index (χ3n) is 1.73. The van der Waals surface area contributed by atoms with E-state index >= 15 is 0 Å². The van der Waals surface area contributed by atoms with Crippen LogP contribution in [0.2, 0.25) is 5.02 Å². The van der Waals surface area contributed by atoms with Crippen molar-refractivity contribution in [2.45, 2.75) is 19.9 Å². The van der Waals surface area contributed by atoms with E-state index < -0.39 is 0 Å². The summed E-state index contributed by atoms with van der Waals surface area (Å²) in [4.78, 5) is 0. The van der Waals surface area contributed by atoms with Crippen LogP contribution < -0.4 is 5.32 Å². The molecule has 1 N–H and O–H groups in total. The second-order valence-electron chi connectivity index (χ2n) is 2.96. The zero-order valence-corrected chi connectivity index (χ0v) is 8.39. The highest BCUT2D eigenvalue weighted by molar-refractivity contribution is 6.31. The molecule has 0 fully saturated rings. The maximum atomic E-state index is 8.58. The van der Waals surface area contributed by atoms with Crippen molar-refractivity contribution in [2.75, 3.05) is 5.32 Å². The molecular formula is C10H11ClN2. The zero-order chi connectivity index (χ0) is 9.84. The molecule has 1 aromatic rings. The van der Waals surface area contributed by atoms with Gasteiger partial charge in [0.05, 0.1) is 6.07 Å². The average molecular weight is 195 g/mol. The third kappa shape index (κ3) is 2.64. The van der Waals surface area contributed by atoms with Crippen LogP contribution in [-0.2, 0) is 0 Å². The number of anilines is 1. The molecule has 0 aromatic heterocycles. The molecule has 0 saturated heterocycles. The van der Waals surface area contributed by atoms with Gasteiger partial charge in [-0.15, -0.1) is 0 Å². The number of nitrogens with one attached hydrogen (secondary N) is 1. The van der Waals surface area contributed by atoms with E-state index in [0.717, 1.165) is 16.3 Å². The van der Waals surface area contributed by atoms with E-state index in [1.165, 1.54) is 0 Å². The highest BCUT2D eigenvalue weighted by atomic mass is 35.5. The summed E-state index contributed by atoms with van der Waals surface area (Å²) in [6.45, 7) is 3.74. The Balaban J connectivity index is 2.81. The van der Waals surface area contributed by atoms with Gasteiger partial charge in [0.15, 0.2) is 0 Å². The number of nitriles is 1. The Labute approximate surface area is 83.1 Å². The van der Waals surface area contributed by atoms with Gasteiger partial charge < -0.3 is 5.32 Å². The molecule has 1 rings (SSSR count). The molecular weight excluding hydrogens is 184 g/mol. The molecule has 0 radical (unpaired) electrons. The Morgan fingerprint density at radius 2 is 2.23 bits per heavy atom. The molecule has 13 heavy (non-hydrogen) atoms. The predicted octanol–water partition coefficient (Wildman–Crippen LogP) is 2.97. The maximum Gasteiger partial charge on any atom is 0.111 e. The molecule has 1 unspecified atom stereocenters. The minimum atomic E-state index is -0.180. The molecule has 1 atom stereocenters. The van der Waals surface area contributed by atoms with Gasteiger partial charge >= 0.3 is 0 Å². The van der Waals surface area contributed by atoms with Gasteiger partial charge in [0.1, 0.15) is 6.04 Å². The number of aryl methyl sites for hydroxylation is 1. The lowest BCUT2D eigenvalue weighted by Gasteiger charge is -2.08. The number of benzene rings is 1. The van der Waals surface area contributed by atoms with Crippen LogP contribution in [-0.4, -0.2) is 6.04 Å². The van der Waals surface area contributed by atoms with Crippen molar-refractivity contribution < 1.29 is 0 Å². The molecule has 0 saturated carbocycles. The SMILES string of the molecule is Cc1cc(NC(C)C#N)ccc1Cl. The Morgan fingerprint density at radius 1 is 1.54 bits per heavy atom. The van der Waals surface area contributed by atoms with Gasteiger partial charge in [0.25, 0.3) is 0 Å². The highest BCUT2D eigenvalue weighted by Gasteiger charge is 2.00. The van der Waals surface area contributed by atoms with E-state index in [-0.39, 0.29) is 6.04 Å². The number of nitrogens with zero attached hydrogens (tertiary/aromatic N) is 1. The first kappa shape index (κ1) is 9.88. The lowest BCUT2D eigenvalue weighted by atomic mass is 10.2. The first-order valence-electron chi connectivity index (χ1n) is 4.06. The van der Waals surface area contributed by atoms with Gasteiger partial charge in [-0.3, -0.25) is 0 Å². The van der Waals surface area contributed by atoms with Crippen LogP contribution in [0.4, 0.5) is 5.69 Å². The Hall–Kier alpha value is -1.20. The molecule has 0 heterocycles. The van der Waals surface area contributed by atoms with Crippen LogP contribution in [0.1, 0.15) is 12.5 Å². The quantitative estimate of drug-likeness (QED) is 0.786. The van der Waals surface area contributed by atoms with Gasteiger partial charge in [-0.05, 0) is 37.6 Å². The zero-order valence-electron chi connectivity index (χ0n) is 7.63. The molecule has 0 aliphatic heterocycles. The van der Waals surface area contributed by atoms with E-state index in [4.69, 9.17) is 16.9 Å². The van der Waals surface area contributed by atoms with Crippen LogP contribution in [0.5, 0.6) is 0 Å². The van der Waals surface area contributed by atoms with Crippen molar-refractivity contribution in [1.29, 1.82) is 5.26 Å². The molecule has 0 amide bonds. The summed E-state index contributed by atoms with van der Waals surface area (Å²) in [5.41, 5.74) is 1.94. The number of hydrogen-bond acceptors (Lipinski definition) is 2.